The molecule has 1 fully saturated rings. The predicted molar refractivity (Wildman–Crippen MR) is 136 cm³/mol. The van der Waals surface area contributed by atoms with Crippen molar-refractivity contribution in [1.82, 2.24) is 24.9 Å². The number of fused-ring (bicyclic) bond motifs is 1. The summed E-state index contributed by atoms with van der Waals surface area (Å²) < 4.78 is 0. The van der Waals surface area contributed by atoms with Crippen molar-refractivity contribution in [2.45, 2.75) is 26.5 Å². The molecule has 1 atom stereocenters. The van der Waals surface area contributed by atoms with Crippen molar-refractivity contribution in [2.24, 2.45) is 0 Å². The molecule has 5 rings (SSSR count). The maximum absolute atomic E-state index is 6.02. The second-order valence-electron chi connectivity index (χ2n) is 8.78. The standard InChI is InChI=1S/C27H32N6O/c1-3-32-13-15-33(16-14-32)34-18-21-9-11-23(12-10-21)25-17-24-26(28-19-29-27(24)31-25)30-20(2)22-7-5-4-6-8-22/h4-12,17,19-20H,3,13-16,18H2,1-2H3,(H2,28,29,30,31). The normalized spacial score (nSPS) is 16.1. The van der Waals surface area contributed by atoms with Crippen molar-refractivity contribution in [1.29, 1.82) is 0 Å². The zero-order valence-electron chi connectivity index (χ0n) is 19.9. The molecular formula is C27H32N6O. The third-order valence-electron chi connectivity index (χ3n) is 6.54. The molecule has 0 saturated carbocycles. The molecule has 4 aromatic rings. The van der Waals surface area contributed by atoms with E-state index in [2.05, 4.69) is 98.7 Å². The average molecular weight is 457 g/mol. The molecule has 3 heterocycles. The summed E-state index contributed by atoms with van der Waals surface area (Å²) >= 11 is 0. The van der Waals surface area contributed by atoms with Gasteiger partial charge in [-0.05, 0) is 36.2 Å². The van der Waals surface area contributed by atoms with Crippen LogP contribution in [-0.2, 0) is 11.4 Å². The molecule has 1 saturated heterocycles. The van der Waals surface area contributed by atoms with Gasteiger partial charge in [-0.1, -0.05) is 61.5 Å². The van der Waals surface area contributed by atoms with Crippen LogP contribution < -0.4 is 5.32 Å². The van der Waals surface area contributed by atoms with Crippen molar-refractivity contribution in [3.63, 3.8) is 0 Å². The van der Waals surface area contributed by atoms with Gasteiger partial charge >= 0.3 is 0 Å². The van der Waals surface area contributed by atoms with Gasteiger partial charge in [-0.2, -0.15) is 5.06 Å². The number of rotatable bonds is 8. The van der Waals surface area contributed by atoms with Crippen LogP contribution in [0.25, 0.3) is 22.3 Å². The summed E-state index contributed by atoms with van der Waals surface area (Å²) in [4.78, 5) is 20.9. The van der Waals surface area contributed by atoms with Crippen LogP contribution in [0.2, 0.25) is 0 Å². The molecule has 176 valence electrons. The van der Waals surface area contributed by atoms with Gasteiger partial charge < -0.3 is 15.2 Å². The molecule has 0 amide bonds. The zero-order valence-corrected chi connectivity index (χ0v) is 19.9. The molecule has 1 aliphatic rings. The molecule has 1 unspecified atom stereocenters. The van der Waals surface area contributed by atoms with Gasteiger partial charge in [0.2, 0.25) is 0 Å². The molecule has 0 spiro atoms. The van der Waals surface area contributed by atoms with Crippen LogP contribution in [0.5, 0.6) is 0 Å². The highest BCUT2D eigenvalue weighted by Crippen LogP contribution is 2.29. The number of benzene rings is 2. The largest absolute Gasteiger partial charge is 0.363 e. The Morgan fingerprint density at radius 3 is 2.50 bits per heavy atom. The van der Waals surface area contributed by atoms with Gasteiger partial charge in [0.1, 0.15) is 17.8 Å². The Morgan fingerprint density at radius 1 is 1.00 bits per heavy atom. The molecular weight excluding hydrogens is 424 g/mol. The van der Waals surface area contributed by atoms with Gasteiger partial charge in [0.15, 0.2) is 0 Å². The molecule has 7 nitrogen and oxygen atoms in total. The first kappa shape index (κ1) is 22.5. The third-order valence-corrected chi connectivity index (χ3v) is 6.54. The van der Waals surface area contributed by atoms with Gasteiger partial charge in [-0.3, -0.25) is 4.84 Å². The van der Waals surface area contributed by atoms with E-state index in [-0.39, 0.29) is 6.04 Å². The minimum atomic E-state index is 0.141. The topological polar surface area (TPSA) is 69.3 Å². The fraction of sp³-hybridized carbons (Fsp3) is 0.333. The van der Waals surface area contributed by atoms with Gasteiger partial charge in [0, 0.05) is 37.9 Å². The number of hydrogen-bond acceptors (Lipinski definition) is 6. The molecule has 1 aliphatic heterocycles. The van der Waals surface area contributed by atoms with Crippen molar-refractivity contribution in [3.8, 4) is 11.3 Å². The van der Waals surface area contributed by atoms with Crippen molar-refractivity contribution < 1.29 is 4.84 Å². The Hall–Kier alpha value is -3.26. The minimum Gasteiger partial charge on any atom is -0.363 e. The summed E-state index contributed by atoms with van der Waals surface area (Å²) in [7, 11) is 0. The summed E-state index contributed by atoms with van der Waals surface area (Å²) in [6.07, 6.45) is 1.60. The fourth-order valence-corrected chi connectivity index (χ4v) is 4.36. The SMILES string of the molecule is CCN1CCN(OCc2ccc(-c3cc4c(NC(C)c5ccccc5)ncnc4[nH]3)cc2)CC1. The van der Waals surface area contributed by atoms with E-state index in [9.17, 15) is 0 Å². The number of H-pyrrole nitrogens is 1. The second-order valence-corrected chi connectivity index (χ2v) is 8.78. The van der Waals surface area contributed by atoms with Gasteiger partial charge in [0.05, 0.1) is 12.0 Å². The van der Waals surface area contributed by atoms with Crippen LogP contribution in [0, 0.1) is 0 Å². The zero-order chi connectivity index (χ0) is 23.3. The first-order valence-electron chi connectivity index (χ1n) is 12.0. The molecule has 0 bridgehead atoms. The molecule has 2 aromatic carbocycles. The number of aromatic nitrogens is 3. The molecule has 7 heteroatoms. The van der Waals surface area contributed by atoms with E-state index in [1.165, 1.54) is 5.56 Å². The van der Waals surface area contributed by atoms with Crippen LogP contribution in [0.3, 0.4) is 0 Å². The monoisotopic (exact) mass is 456 g/mol. The van der Waals surface area contributed by atoms with E-state index >= 15 is 0 Å². The highest BCUT2D eigenvalue weighted by molar-refractivity contribution is 5.91. The number of hydrogen-bond donors (Lipinski definition) is 2. The number of anilines is 1. The number of piperazine rings is 1. The summed E-state index contributed by atoms with van der Waals surface area (Å²) in [5.74, 6) is 0.831. The van der Waals surface area contributed by atoms with E-state index in [1.807, 2.05) is 6.07 Å². The summed E-state index contributed by atoms with van der Waals surface area (Å²) in [5.41, 5.74) is 5.34. The molecule has 2 N–H and O–H groups in total. The fourth-order valence-electron chi connectivity index (χ4n) is 4.36. The number of hydroxylamine groups is 2. The molecule has 34 heavy (non-hydrogen) atoms. The quantitative estimate of drug-likeness (QED) is 0.394. The number of nitrogens with zero attached hydrogens (tertiary/aromatic N) is 4. The lowest BCUT2D eigenvalue weighted by atomic mass is 10.1. The number of likely N-dealkylation sites (N-methyl/N-ethyl adjacent to an activating group) is 1. The van der Waals surface area contributed by atoms with E-state index in [1.54, 1.807) is 6.33 Å². The first-order valence-corrected chi connectivity index (χ1v) is 12.0. The van der Waals surface area contributed by atoms with Gasteiger partial charge in [-0.25, -0.2) is 9.97 Å². The minimum absolute atomic E-state index is 0.141. The van der Waals surface area contributed by atoms with Gasteiger partial charge in [0.25, 0.3) is 0 Å². The van der Waals surface area contributed by atoms with Crippen molar-refractivity contribution in [2.75, 3.05) is 38.0 Å². The van der Waals surface area contributed by atoms with Crippen LogP contribution >= 0.6 is 0 Å². The number of aromatic amines is 1. The molecule has 0 radical (unpaired) electrons. The number of nitrogens with one attached hydrogen (secondary N) is 2. The third kappa shape index (κ3) is 5.12. The smallest absolute Gasteiger partial charge is 0.143 e. The van der Waals surface area contributed by atoms with Gasteiger partial charge in [-0.15, -0.1) is 0 Å². The first-order chi connectivity index (χ1) is 16.7. The van der Waals surface area contributed by atoms with E-state index in [0.29, 0.717) is 6.61 Å². The summed E-state index contributed by atoms with van der Waals surface area (Å²) in [5, 5.41) is 6.60. The van der Waals surface area contributed by atoms with Crippen LogP contribution in [0.1, 0.15) is 31.0 Å². The molecule has 2 aromatic heterocycles. The lowest BCUT2D eigenvalue weighted by Gasteiger charge is -2.33. The van der Waals surface area contributed by atoms with Crippen LogP contribution in [0.15, 0.2) is 67.0 Å². The van der Waals surface area contributed by atoms with Crippen LogP contribution in [-0.4, -0.2) is 57.6 Å². The lowest BCUT2D eigenvalue weighted by Crippen LogP contribution is -2.45. The van der Waals surface area contributed by atoms with E-state index < -0.39 is 0 Å². The Bertz CT molecular complexity index is 1200. The lowest BCUT2D eigenvalue weighted by molar-refractivity contribution is -0.186. The highest BCUT2D eigenvalue weighted by atomic mass is 16.7. The summed E-state index contributed by atoms with van der Waals surface area (Å²) in [6.45, 7) is 10.1. The maximum atomic E-state index is 6.02. The Kier molecular flexibility index (Phi) is 6.85. The Labute approximate surface area is 200 Å². The second kappa shape index (κ2) is 10.3. The summed E-state index contributed by atoms with van der Waals surface area (Å²) in [6, 6.07) is 21.2. The van der Waals surface area contributed by atoms with E-state index in [4.69, 9.17) is 4.84 Å². The molecule has 0 aliphatic carbocycles. The average Bonchev–Trinajstić information content (AvgIpc) is 3.34. The van der Waals surface area contributed by atoms with Crippen molar-refractivity contribution in [3.05, 3.63) is 78.1 Å². The highest BCUT2D eigenvalue weighted by Gasteiger charge is 2.16. The Morgan fingerprint density at radius 2 is 1.76 bits per heavy atom. The maximum Gasteiger partial charge on any atom is 0.143 e. The Balaban J connectivity index is 1.26. The van der Waals surface area contributed by atoms with Crippen LogP contribution in [0.4, 0.5) is 5.82 Å². The predicted octanol–water partition coefficient (Wildman–Crippen LogP) is 4.87. The van der Waals surface area contributed by atoms with Crippen molar-refractivity contribution >= 4 is 16.9 Å². The van der Waals surface area contributed by atoms with E-state index in [0.717, 1.165) is 66.4 Å².